The fourth-order valence-electron chi connectivity index (χ4n) is 1.30. The van der Waals surface area contributed by atoms with Crippen molar-refractivity contribution in [3.63, 3.8) is 0 Å². The van der Waals surface area contributed by atoms with E-state index >= 15 is 0 Å². The van der Waals surface area contributed by atoms with Gasteiger partial charge in [0.1, 0.15) is 5.41 Å². The first-order valence-electron chi connectivity index (χ1n) is 5.09. The molecule has 0 bridgehead atoms. The van der Waals surface area contributed by atoms with E-state index in [1.165, 1.54) is 13.0 Å². The Morgan fingerprint density at radius 1 is 1.60 bits per heavy atom. The van der Waals surface area contributed by atoms with Crippen molar-refractivity contribution < 1.29 is 14.7 Å². The number of carbonyl (C=O) groups excluding carboxylic acids is 1. The van der Waals surface area contributed by atoms with Gasteiger partial charge in [-0.2, -0.15) is 0 Å². The van der Waals surface area contributed by atoms with E-state index in [1.807, 2.05) is 0 Å². The van der Waals surface area contributed by atoms with Crippen LogP contribution in [0.1, 0.15) is 26.7 Å². The van der Waals surface area contributed by atoms with Crippen LogP contribution < -0.4 is 5.32 Å². The van der Waals surface area contributed by atoms with E-state index in [1.54, 1.807) is 6.92 Å². The molecule has 0 aliphatic heterocycles. The maximum absolute atomic E-state index is 11.8. The van der Waals surface area contributed by atoms with Gasteiger partial charge >= 0.3 is 5.97 Å². The molecule has 2 atom stereocenters. The zero-order valence-corrected chi connectivity index (χ0v) is 9.12. The molecule has 0 aromatic carbocycles. The zero-order chi connectivity index (χ0) is 11.6. The van der Waals surface area contributed by atoms with Gasteiger partial charge in [-0.05, 0) is 25.7 Å². The zero-order valence-electron chi connectivity index (χ0n) is 9.12. The van der Waals surface area contributed by atoms with Gasteiger partial charge in [0.15, 0.2) is 0 Å². The van der Waals surface area contributed by atoms with Gasteiger partial charge in [-0.1, -0.05) is 13.0 Å². The number of aliphatic carboxylic acids is 1. The molecule has 1 aliphatic carbocycles. The summed E-state index contributed by atoms with van der Waals surface area (Å²) in [6.07, 6.45) is 3.40. The lowest BCUT2D eigenvalue weighted by Crippen LogP contribution is -2.48. The smallest absolute Gasteiger partial charge is 0.319 e. The topological polar surface area (TPSA) is 66.4 Å². The van der Waals surface area contributed by atoms with Crippen molar-refractivity contribution in [1.82, 2.24) is 5.32 Å². The Bertz CT molecular complexity index is 296. The molecule has 4 heteroatoms. The average Bonchev–Trinajstić information content (AvgIpc) is 2.98. The lowest BCUT2D eigenvalue weighted by Gasteiger charge is -2.28. The highest BCUT2D eigenvalue weighted by molar-refractivity contribution is 6.02. The summed E-state index contributed by atoms with van der Waals surface area (Å²) < 4.78 is 0. The minimum atomic E-state index is -1.41. The molecule has 2 N–H and O–H groups in total. The molecule has 4 nitrogen and oxygen atoms in total. The summed E-state index contributed by atoms with van der Waals surface area (Å²) >= 11 is 0. The number of nitrogens with one attached hydrogen (secondary N) is 1. The highest BCUT2D eigenvalue weighted by Gasteiger charge is 2.46. The molecule has 15 heavy (non-hydrogen) atoms. The molecule has 1 aliphatic rings. The van der Waals surface area contributed by atoms with Crippen LogP contribution in [0.25, 0.3) is 0 Å². The predicted molar refractivity (Wildman–Crippen MR) is 56.3 cm³/mol. The van der Waals surface area contributed by atoms with Crippen molar-refractivity contribution >= 4 is 11.9 Å². The van der Waals surface area contributed by atoms with Crippen LogP contribution >= 0.6 is 0 Å². The highest BCUT2D eigenvalue weighted by Crippen LogP contribution is 2.30. The minimum Gasteiger partial charge on any atom is -0.480 e. The number of allylic oxidation sites excluding steroid dienone is 1. The minimum absolute atomic E-state index is 0.174. The number of amides is 1. The van der Waals surface area contributed by atoms with Crippen LogP contribution in [0, 0.1) is 11.3 Å². The normalized spacial score (nSPS) is 21.2. The van der Waals surface area contributed by atoms with Crippen LogP contribution in [0.3, 0.4) is 0 Å². The molecule has 0 saturated heterocycles. The van der Waals surface area contributed by atoms with Crippen LogP contribution in [0.4, 0.5) is 0 Å². The van der Waals surface area contributed by atoms with E-state index < -0.39 is 23.2 Å². The van der Waals surface area contributed by atoms with Crippen molar-refractivity contribution in [3.05, 3.63) is 12.7 Å². The fourth-order valence-corrected chi connectivity index (χ4v) is 1.30. The molecule has 1 rings (SSSR count). The highest BCUT2D eigenvalue weighted by atomic mass is 16.4. The number of carboxylic acids is 1. The molecule has 1 amide bonds. The molecule has 0 radical (unpaired) electrons. The number of carbonyl (C=O) groups is 2. The summed E-state index contributed by atoms with van der Waals surface area (Å²) in [5, 5.41) is 11.9. The van der Waals surface area contributed by atoms with E-state index in [0.717, 1.165) is 12.8 Å². The molecule has 1 fully saturated rings. The second kappa shape index (κ2) is 4.04. The average molecular weight is 211 g/mol. The molecule has 2 unspecified atom stereocenters. The van der Waals surface area contributed by atoms with E-state index in [-0.39, 0.29) is 6.04 Å². The van der Waals surface area contributed by atoms with Crippen molar-refractivity contribution in [3.8, 4) is 0 Å². The third-order valence-electron chi connectivity index (χ3n) is 3.09. The van der Waals surface area contributed by atoms with Gasteiger partial charge in [0.2, 0.25) is 5.91 Å². The molecular formula is C11H17NO3. The van der Waals surface area contributed by atoms with Gasteiger partial charge in [0, 0.05) is 6.04 Å². The Labute approximate surface area is 89.4 Å². The molecule has 0 heterocycles. The third-order valence-corrected chi connectivity index (χ3v) is 3.09. The second-order valence-electron chi connectivity index (χ2n) is 4.28. The Morgan fingerprint density at radius 2 is 2.13 bits per heavy atom. The quantitative estimate of drug-likeness (QED) is 0.530. The van der Waals surface area contributed by atoms with E-state index in [0.29, 0.717) is 0 Å². The largest absolute Gasteiger partial charge is 0.480 e. The molecule has 0 aromatic heterocycles. The number of hydrogen-bond acceptors (Lipinski definition) is 2. The van der Waals surface area contributed by atoms with Gasteiger partial charge < -0.3 is 10.4 Å². The Morgan fingerprint density at radius 3 is 2.47 bits per heavy atom. The first kappa shape index (κ1) is 11.8. The number of hydrogen-bond donors (Lipinski definition) is 2. The van der Waals surface area contributed by atoms with Crippen LogP contribution in [-0.2, 0) is 9.59 Å². The summed E-state index contributed by atoms with van der Waals surface area (Å²) in [4.78, 5) is 23.0. The number of rotatable bonds is 5. The lowest BCUT2D eigenvalue weighted by atomic mass is 9.77. The number of carboxylic acid groups (broad SMARTS) is 1. The van der Waals surface area contributed by atoms with Gasteiger partial charge in [-0.15, -0.1) is 6.58 Å². The molecule has 0 aromatic rings. The first-order chi connectivity index (χ1) is 6.92. The van der Waals surface area contributed by atoms with Crippen molar-refractivity contribution in [2.24, 2.45) is 11.3 Å². The molecule has 1 saturated carbocycles. The lowest BCUT2D eigenvalue weighted by molar-refractivity contribution is -0.157. The van der Waals surface area contributed by atoms with Gasteiger partial charge in [0.25, 0.3) is 0 Å². The third kappa shape index (κ3) is 2.19. The second-order valence-corrected chi connectivity index (χ2v) is 4.28. The van der Waals surface area contributed by atoms with E-state index in [9.17, 15) is 9.59 Å². The predicted octanol–water partition coefficient (Wildman–Crippen LogP) is 1.18. The van der Waals surface area contributed by atoms with Crippen LogP contribution in [0.5, 0.6) is 0 Å². The van der Waals surface area contributed by atoms with E-state index in [2.05, 4.69) is 11.9 Å². The summed E-state index contributed by atoms with van der Waals surface area (Å²) in [7, 11) is 0. The summed E-state index contributed by atoms with van der Waals surface area (Å²) in [5.41, 5.74) is -1.41. The molecule has 84 valence electrons. The summed E-state index contributed by atoms with van der Waals surface area (Å²) in [6, 6.07) is 0.174. The Balaban J connectivity index is 2.82. The standard InChI is InChI=1S/C11H17NO3/c1-4-7(2)11(3,10(14)15)9(13)12-8-5-6-8/h4,7-8H,1,5-6H2,2-3H3,(H,12,13)(H,14,15). The monoisotopic (exact) mass is 211 g/mol. The van der Waals surface area contributed by atoms with Crippen LogP contribution in [0.2, 0.25) is 0 Å². The van der Waals surface area contributed by atoms with Gasteiger partial charge in [0.05, 0.1) is 0 Å². The first-order valence-corrected chi connectivity index (χ1v) is 5.09. The van der Waals surface area contributed by atoms with Crippen LogP contribution in [0.15, 0.2) is 12.7 Å². The fraction of sp³-hybridized carbons (Fsp3) is 0.636. The maximum atomic E-state index is 11.8. The summed E-state index contributed by atoms with van der Waals surface area (Å²) in [5.74, 6) is -1.91. The van der Waals surface area contributed by atoms with Gasteiger partial charge in [-0.3, -0.25) is 9.59 Å². The summed E-state index contributed by atoms with van der Waals surface area (Å²) in [6.45, 7) is 6.67. The molecule has 0 spiro atoms. The van der Waals surface area contributed by atoms with Crippen molar-refractivity contribution in [1.29, 1.82) is 0 Å². The maximum Gasteiger partial charge on any atom is 0.319 e. The SMILES string of the molecule is C=CC(C)C(C)(C(=O)O)C(=O)NC1CC1. The van der Waals surface area contributed by atoms with Crippen molar-refractivity contribution in [2.45, 2.75) is 32.7 Å². The van der Waals surface area contributed by atoms with E-state index in [4.69, 9.17) is 5.11 Å². The van der Waals surface area contributed by atoms with Crippen molar-refractivity contribution in [2.75, 3.05) is 0 Å². The Kier molecular flexibility index (Phi) is 3.17. The van der Waals surface area contributed by atoms with Crippen LogP contribution in [-0.4, -0.2) is 23.0 Å². The molecular weight excluding hydrogens is 194 g/mol. The Hall–Kier alpha value is -1.32. The van der Waals surface area contributed by atoms with Gasteiger partial charge in [-0.25, -0.2) is 0 Å².